The fourth-order valence-electron chi connectivity index (χ4n) is 2.89. The first-order valence-electron chi connectivity index (χ1n) is 9.18. The number of amides is 1. The third kappa shape index (κ3) is 4.95. The summed E-state index contributed by atoms with van der Waals surface area (Å²) in [5.74, 6) is 0.398. The number of halogens is 3. The number of nitrogens with zero attached hydrogens (tertiary/aromatic N) is 2. The van der Waals surface area contributed by atoms with Crippen molar-refractivity contribution in [3.63, 3.8) is 0 Å². The zero-order valence-corrected chi connectivity index (χ0v) is 16.0. The first kappa shape index (κ1) is 20.4. The van der Waals surface area contributed by atoms with Gasteiger partial charge < -0.3 is 15.2 Å². The van der Waals surface area contributed by atoms with E-state index >= 15 is 0 Å². The molecule has 0 bridgehead atoms. The van der Waals surface area contributed by atoms with Crippen LogP contribution in [0.1, 0.15) is 24.2 Å². The Balaban J connectivity index is 1.80. The molecule has 29 heavy (non-hydrogen) atoms. The molecule has 3 aromatic rings. The largest absolute Gasteiger partial charge is 0.415 e. The van der Waals surface area contributed by atoms with Crippen molar-refractivity contribution in [2.75, 3.05) is 30.3 Å². The summed E-state index contributed by atoms with van der Waals surface area (Å²) in [5.41, 5.74) is 1.63. The maximum atomic E-state index is 12.6. The van der Waals surface area contributed by atoms with Crippen molar-refractivity contribution in [2.24, 2.45) is 0 Å². The smallest absolute Gasteiger partial charge is 0.339 e. The molecule has 0 saturated carbocycles. The molecule has 1 amide bonds. The van der Waals surface area contributed by atoms with Crippen LogP contribution >= 0.6 is 0 Å². The molecule has 0 aliphatic rings. The third-order valence-electron chi connectivity index (χ3n) is 4.37. The minimum Gasteiger partial charge on any atom is -0.339 e. The molecule has 0 radical (unpaired) electrons. The SMILES string of the molecule is CCN(CC)C(=O)c1ccc(Nc2nc3[nH]ccc3c(NCC(F)(F)F)[nH+]2)cc1. The number of hydrogen-bond donors (Lipinski definition) is 3. The molecule has 0 saturated heterocycles. The Bertz CT molecular complexity index is 980. The van der Waals surface area contributed by atoms with E-state index in [1.54, 1.807) is 41.4 Å². The van der Waals surface area contributed by atoms with Crippen molar-refractivity contribution in [3.8, 4) is 0 Å². The average molecular weight is 407 g/mol. The lowest BCUT2D eigenvalue weighted by atomic mass is 10.2. The number of rotatable bonds is 7. The minimum absolute atomic E-state index is 0.0577. The second-order valence-electron chi connectivity index (χ2n) is 6.35. The highest BCUT2D eigenvalue weighted by atomic mass is 19.4. The Kier molecular flexibility index (Phi) is 5.90. The second-order valence-corrected chi connectivity index (χ2v) is 6.35. The average Bonchev–Trinajstić information content (AvgIpc) is 3.15. The zero-order chi connectivity index (χ0) is 21.0. The number of aromatic amines is 2. The molecule has 2 heterocycles. The van der Waals surface area contributed by atoms with Gasteiger partial charge in [0.1, 0.15) is 6.54 Å². The zero-order valence-electron chi connectivity index (χ0n) is 16.0. The summed E-state index contributed by atoms with van der Waals surface area (Å²) in [5, 5.41) is 5.89. The van der Waals surface area contributed by atoms with Gasteiger partial charge in [-0.25, -0.2) is 4.98 Å². The lowest BCUT2D eigenvalue weighted by molar-refractivity contribution is -0.346. The molecule has 10 heteroatoms. The summed E-state index contributed by atoms with van der Waals surface area (Å²) in [6.45, 7) is 3.91. The maximum Gasteiger partial charge on any atom is 0.415 e. The number of nitrogens with one attached hydrogen (secondary N) is 4. The quantitative estimate of drug-likeness (QED) is 0.559. The highest BCUT2D eigenvalue weighted by molar-refractivity contribution is 5.94. The van der Waals surface area contributed by atoms with Crippen LogP contribution in [0.5, 0.6) is 0 Å². The summed E-state index contributed by atoms with van der Waals surface area (Å²) in [4.78, 5) is 24.2. The van der Waals surface area contributed by atoms with E-state index in [0.717, 1.165) is 0 Å². The standard InChI is InChI=1S/C19H21F3N6O/c1-3-28(4-2)17(29)12-5-7-13(8-6-12)25-18-26-15-14(9-10-23-15)16(27-18)24-11-19(20,21)22/h5-10H,3-4,11H2,1-2H3,(H3,23,24,25,26,27)/p+1. The molecule has 0 fully saturated rings. The van der Waals surface area contributed by atoms with Crippen molar-refractivity contribution in [2.45, 2.75) is 20.0 Å². The molecule has 3 rings (SSSR count). The van der Waals surface area contributed by atoms with Gasteiger partial charge in [0.15, 0.2) is 0 Å². The van der Waals surface area contributed by atoms with Gasteiger partial charge in [0.05, 0.1) is 11.1 Å². The van der Waals surface area contributed by atoms with E-state index in [1.165, 1.54) is 0 Å². The number of fused-ring (bicyclic) bond motifs is 1. The minimum atomic E-state index is -4.35. The predicted molar refractivity (Wildman–Crippen MR) is 104 cm³/mol. The molecule has 0 spiro atoms. The van der Waals surface area contributed by atoms with Crippen LogP contribution in [-0.2, 0) is 0 Å². The number of hydrogen-bond acceptors (Lipinski definition) is 4. The number of carbonyl (C=O) groups excluding carboxylic acids is 1. The number of anilines is 3. The normalized spacial score (nSPS) is 11.5. The van der Waals surface area contributed by atoms with Crippen molar-refractivity contribution >= 4 is 34.4 Å². The molecule has 154 valence electrons. The van der Waals surface area contributed by atoms with E-state index < -0.39 is 12.7 Å². The Morgan fingerprint density at radius 3 is 2.48 bits per heavy atom. The van der Waals surface area contributed by atoms with Gasteiger partial charge in [-0.2, -0.15) is 13.2 Å². The van der Waals surface area contributed by atoms with Crippen LogP contribution < -0.4 is 15.6 Å². The molecular formula is C19H22F3N6O+. The second kappa shape index (κ2) is 8.38. The van der Waals surface area contributed by atoms with E-state index in [4.69, 9.17) is 0 Å². The molecule has 0 aliphatic carbocycles. The van der Waals surface area contributed by atoms with Gasteiger partial charge in [-0.05, 0) is 44.2 Å². The van der Waals surface area contributed by atoms with Crippen LogP contribution in [0.15, 0.2) is 36.5 Å². The first-order valence-corrected chi connectivity index (χ1v) is 9.18. The molecule has 2 aromatic heterocycles. The van der Waals surface area contributed by atoms with Crippen LogP contribution in [-0.4, -0.2) is 46.6 Å². The summed E-state index contributed by atoms with van der Waals surface area (Å²) >= 11 is 0. The molecule has 1 aromatic carbocycles. The van der Waals surface area contributed by atoms with Crippen LogP contribution in [0.25, 0.3) is 11.0 Å². The topological polar surface area (TPSA) is 87.2 Å². The Morgan fingerprint density at radius 1 is 1.17 bits per heavy atom. The van der Waals surface area contributed by atoms with Gasteiger partial charge in [0.25, 0.3) is 5.91 Å². The van der Waals surface area contributed by atoms with E-state index in [0.29, 0.717) is 35.4 Å². The van der Waals surface area contributed by atoms with E-state index in [2.05, 4.69) is 25.6 Å². The number of H-pyrrole nitrogens is 2. The molecule has 0 aliphatic heterocycles. The van der Waals surface area contributed by atoms with Gasteiger partial charge in [-0.1, -0.05) is 4.98 Å². The first-order chi connectivity index (χ1) is 13.8. The number of carbonyl (C=O) groups is 1. The fraction of sp³-hybridized carbons (Fsp3) is 0.316. The van der Waals surface area contributed by atoms with Gasteiger partial charge in [-0.15, -0.1) is 0 Å². The molecule has 7 nitrogen and oxygen atoms in total. The summed E-state index contributed by atoms with van der Waals surface area (Å²) < 4.78 is 37.7. The Hall–Kier alpha value is -3.30. The summed E-state index contributed by atoms with van der Waals surface area (Å²) in [6, 6.07) is 8.45. The van der Waals surface area contributed by atoms with Crippen molar-refractivity contribution < 1.29 is 22.9 Å². The number of aromatic nitrogens is 3. The van der Waals surface area contributed by atoms with E-state index in [-0.39, 0.29) is 17.7 Å². The molecule has 0 atom stereocenters. The van der Waals surface area contributed by atoms with E-state index in [9.17, 15) is 18.0 Å². The third-order valence-corrected chi connectivity index (χ3v) is 4.37. The van der Waals surface area contributed by atoms with Crippen molar-refractivity contribution in [1.82, 2.24) is 14.9 Å². The van der Waals surface area contributed by atoms with Gasteiger partial charge in [0, 0.05) is 24.8 Å². The number of benzene rings is 1. The molecule has 4 N–H and O–H groups in total. The van der Waals surface area contributed by atoms with Gasteiger partial charge in [0.2, 0.25) is 11.5 Å². The lowest BCUT2D eigenvalue weighted by Crippen LogP contribution is -2.30. The van der Waals surface area contributed by atoms with Crippen molar-refractivity contribution in [1.29, 1.82) is 0 Å². The fourth-order valence-corrected chi connectivity index (χ4v) is 2.89. The Morgan fingerprint density at radius 2 is 1.86 bits per heavy atom. The lowest BCUT2D eigenvalue weighted by Gasteiger charge is -2.18. The molecular weight excluding hydrogens is 385 g/mol. The van der Waals surface area contributed by atoms with Crippen LogP contribution in [0.2, 0.25) is 0 Å². The number of alkyl halides is 3. The summed E-state index contributed by atoms with van der Waals surface area (Å²) in [7, 11) is 0. The van der Waals surface area contributed by atoms with E-state index in [1.807, 2.05) is 13.8 Å². The van der Waals surface area contributed by atoms with Crippen LogP contribution in [0.4, 0.5) is 30.6 Å². The van der Waals surface area contributed by atoms with Crippen molar-refractivity contribution in [3.05, 3.63) is 42.1 Å². The maximum absolute atomic E-state index is 12.6. The predicted octanol–water partition coefficient (Wildman–Crippen LogP) is 3.58. The highest BCUT2D eigenvalue weighted by Crippen LogP contribution is 2.22. The van der Waals surface area contributed by atoms with Gasteiger partial charge in [-0.3, -0.25) is 10.1 Å². The van der Waals surface area contributed by atoms with Crippen LogP contribution in [0.3, 0.4) is 0 Å². The monoisotopic (exact) mass is 407 g/mol. The van der Waals surface area contributed by atoms with Crippen LogP contribution in [0, 0.1) is 0 Å². The Labute approximate surface area is 165 Å². The highest BCUT2D eigenvalue weighted by Gasteiger charge is 2.29. The summed E-state index contributed by atoms with van der Waals surface area (Å²) in [6.07, 6.45) is -2.75. The van der Waals surface area contributed by atoms with Gasteiger partial charge >= 0.3 is 12.1 Å². The molecule has 0 unspecified atom stereocenters.